The van der Waals surface area contributed by atoms with Gasteiger partial charge in [-0.15, -0.1) is 0 Å². The third kappa shape index (κ3) is 3.95. The van der Waals surface area contributed by atoms with Gasteiger partial charge >= 0.3 is 0 Å². The molecule has 9 heteroatoms. The van der Waals surface area contributed by atoms with Gasteiger partial charge in [0.15, 0.2) is 11.5 Å². The van der Waals surface area contributed by atoms with Gasteiger partial charge in [0.05, 0.1) is 11.4 Å². The Labute approximate surface area is 159 Å². The zero-order valence-electron chi connectivity index (χ0n) is 16.1. The van der Waals surface area contributed by atoms with Crippen molar-refractivity contribution in [3.63, 3.8) is 0 Å². The maximum atomic E-state index is 12.8. The molecule has 1 atom stereocenters. The standard InChI is InChI=1S/C18H26N4O4S/c1-5-22(6-2)15(14-7-8-16-17(9-14)26-11-25-16)10-19-27(23,24)18-12(3)20-21-13(18)4/h7-9,15,19H,5-6,10-11H2,1-4H3,(H,20,21). The smallest absolute Gasteiger partial charge is 0.244 e. The molecule has 0 fully saturated rings. The number of nitrogens with one attached hydrogen (secondary N) is 2. The average molecular weight is 394 g/mol. The molecular weight excluding hydrogens is 368 g/mol. The van der Waals surface area contributed by atoms with Crippen LogP contribution in [-0.2, 0) is 10.0 Å². The Hall–Kier alpha value is -2.10. The van der Waals surface area contributed by atoms with Crippen molar-refractivity contribution in [1.82, 2.24) is 19.8 Å². The maximum Gasteiger partial charge on any atom is 0.244 e. The van der Waals surface area contributed by atoms with Crippen LogP contribution < -0.4 is 14.2 Å². The molecule has 1 aromatic heterocycles. The molecule has 8 nitrogen and oxygen atoms in total. The summed E-state index contributed by atoms with van der Waals surface area (Å²) in [7, 11) is -3.67. The second kappa shape index (κ2) is 7.87. The minimum atomic E-state index is -3.67. The summed E-state index contributed by atoms with van der Waals surface area (Å²) in [5.74, 6) is 1.40. The molecule has 148 valence electrons. The molecule has 2 N–H and O–H groups in total. The van der Waals surface area contributed by atoms with Crippen molar-refractivity contribution in [2.45, 2.75) is 38.6 Å². The van der Waals surface area contributed by atoms with Gasteiger partial charge < -0.3 is 9.47 Å². The minimum Gasteiger partial charge on any atom is -0.454 e. The number of hydrogen-bond acceptors (Lipinski definition) is 6. The number of fused-ring (bicyclic) bond motifs is 1. The largest absolute Gasteiger partial charge is 0.454 e. The van der Waals surface area contributed by atoms with E-state index in [1.807, 2.05) is 18.2 Å². The lowest BCUT2D eigenvalue weighted by molar-refractivity contribution is 0.173. The molecule has 3 rings (SSSR count). The van der Waals surface area contributed by atoms with Crippen molar-refractivity contribution < 1.29 is 17.9 Å². The highest BCUT2D eigenvalue weighted by atomic mass is 32.2. The van der Waals surface area contributed by atoms with Gasteiger partial charge in [0.1, 0.15) is 4.90 Å². The van der Waals surface area contributed by atoms with E-state index in [4.69, 9.17) is 9.47 Å². The first kappa shape index (κ1) is 19.7. The van der Waals surface area contributed by atoms with E-state index in [1.165, 1.54) is 0 Å². The van der Waals surface area contributed by atoms with Crippen molar-refractivity contribution in [2.75, 3.05) is 26.4 Å². The number of H-pyrrole nitrogens is 1. The number of aromatic amines is 1. The lowest BCUT2D eigenvalue weighted by atomic mass is 10.0. The van der Waals surface area contributed by atoms with Crippen LogP contribution in [0.1, 0.15) is 36.8 Å². The minimum absolute atomic E-state index is 0.128. The molecule has 0 radical (unpaired) electrons. The molecule has 1 aliphatic rings. The number of aryl methyl sites for hydroxylation is 2. The average Bonchev–Trinajstić information content (AvgIpc) is 3.24. The summed E-state index contributed by atoms with van der Waals surface area (Å²) in [6.07, 6.45) is 0. The summed E-state index contributed by atoms with van der Waals surface area (Å²) in [4.78, 5) is 2.42. The summed E-state index contributed by atoms with van der Waals surface area (Å²) in [5, 5.41) is 6.72. The lowest BCUT2D eigenvalue weighted by Crippen LogP contribution is -2.38. The number of rotatable bonds is 8. The Kier molecular flexibility index (Phi) is 5.73. The molecule has 0 spiro atoms. The van der Waals surface area contributed by atoms with Gasteiger partial charge in [0.25, 0.3) is 0 Å². The predicted molar refractivity (Wildman–Crippen MR) is 101 cm³/mol. The number of sulfonamides is 1. The van der Waals surface area contributed by atoms with Crippen molar-refractivity contribution in [1.29, 1.82) is 0 Å². The quantitative estimate of drug-likeness (QED) is 0.712. The SMILES string of the molecule is CCN(CC)C(CNS(=O)(=O)c1c(C)n[nH]c1C)c1ccc2c(c1)OCO2. The number of likely N-dealkylation sites (N-methyl/N-ethyl adjacent to an activating group) is 1. The van der Waals surface area contributed by atoms with Gasteiger partial charge in [-0.05, 0) is 44.6 Å². The highest BCUT2D eigenvalue weighted by Crippen LogP contribution is 2.35. The Morgan fingerprint density at radius 3 is 2.56 bits per heavy atom. The maximum absolute atomic E-state index is 12.8. The van der Waals surface area contributed by atoms with Crippen LogP contribution in [0.25, 0.3) is 0 Å². The molecule has 2 aromatic rings. The first-order valence-electron chi connectivity index (χ1n) is 9.02. The Bertz CT molecular complexity index is 887. The predicted octanol–water partition coefficient (Wildman–Crippen LogP) is 2.12. The van der Waals surface area contributed by atoms with Crippen LogP contribution in [-0.4, -0.2) is 49.9 Å². The van der Waals surface area contributed by atoms with Crippen molar-refractivity contribution in [3.8, 4) is 11.5 Å². The summed E-state index contributed by atoms with van der Waals surface area (Å²) in [6, 6.07) is 5.62. The third-order valence-electron chi connectivity index (χ3n) is 4.83. The lowest BCUT2D eigenvalue weighted by Gasteiger charge is -2.30. The summed E-state index contributed by atoms with van der Waals surface area (Å²) >= 11 is 0. The summed E-state index contributed by atoms with van der Waals surface area (Å²) in [5.41, 5.74) is 1.97. The summed E-state index contributed by atoms with van der Waals surface area (Å²) < 4.78 is 39.3. The zero-order valence-corrected chi connectivity index (χ0v) is 16.9. The van der Waals surface area contributed by atoms with E-state index >= 15 is 0 Å². The van der Waals surface area contributed by atoms with Crippen molar-refractivity contribution >= 4 is 10.0 Å². The molecule has 27 heavy (non-hydrogen) atoms. The Morgan fingerprint density at radius 2 is 1.93 bits per heavy atom. The number of benzene rings is 1. The fourth-order valence-corrected chi connectivity index (χ4v) is 4.84. The fourth-order valence-electron chi connectivity index (χ4n) is 3.44. The van der Waals surface area contributed by atoms with Crippen LogP contribution >= 0.6 is 0 Å². The third-order valence-corrected chi connectivity index (χ3v) is 6.52. The molecule has 1 aromatic carbocycles. The van der Waals surface area contributed by atoms with Gasteiger partial charge in [-0.25, -0.2) is 13.1 Å². The second-order valence-electron chi connectivity index (χ2n) is 6.46. The topological polar surface area (TPSA) is 96.6 Å². The Balaban J connectivity index is 1.86. The highest BCUT2D eigenvalue weighted by molar-refractivity contribution is 7.89. The molecule has 0 aliphatic carbocycles. The van der Waals surface area contributed by atoms with Crippen LogP contribution in [0.2, 0.25) is 0 Å². The molecule has 0 amide bonds. The van der Waals surface area contributed by atoms with E-state index in [-0.39, 0.29) is 24.3 Å². The normalized spacial score (nSPS) is 14.7. The van der Waals surface area contributed by atoms with Gasteiger partial charge in [0, 0.05) is 12.6 Å². The highest BCUT2D eigenvalue weighted by Gasteiger charge is 2.26. The van der Waals surface area contributed by atoms with E-state index in [0.29, 0.717) is 22.9 Å². The molecule has 0 bridgehead atoms. The van der Waals surface area contributed by atoms with E-state index in [9.17, 15) is 8.42 Å². The van der Waals surface area contributed by atoms with E-state index < -0.39 is 10.0 Å². The van der Waals surface area contributed by atoms with Crippen LogP contribution in [0.3, 0.4) is 0 Å². The van der Waals surface area contributed by atoms with Gasteiger partial charge in [-0.1, -0.05) is 19.9 Å². The Morgan fingerprint density at radius 1 is 1.22 bits per heavy atom. The first-order chi connectivity index (χ1) is 12.9. The molecular formula is C18H26N4O4S. The number of nitrogens with zero attached hydrogens (tertiary/aromatic N) is 2. The van der Waals surface area contributed by atoms with Gasteiger partial charge in [-0.2, -0.15) is 5.10 Å². The fraction of sp³-hybridized carbons (Fsp3) is 0.500. The number of aromatic nitrogens is 2. The van der Waals surface area contributed by atoms with E-state index in [1.54, 1.807) is 13.8 Å². The van der Waals surface area contributed by atoms with Crippen molar-refractivity contribution in [2.24, 2.45) is 0 Å². The first-order valence-corrected chi connectivity index (χ1v) is 10.5. The second-order valence-corrected chi connectivity index (χ2v) is 8.17. The molecule has 0 saturated carbocycles. The molecule has 2 heterocycles. The number of hydrogen-bond donors (Lipinski definition) is 2. The monoisotopic (exact) mass is 394 g/mol. The van der Waals surface area contributed by atoms with E-state index in [0.717, 1.165) is 18.7 Å². The van der Waals surface area contributed by atoms with Gasteiger partial charge in [-0.3, -0.25) is 10.00 Å². The van der Waals surface area contributed by atoms with Crippen LogP contribution in [0.5, 0.6) is 11.5 Å². The molecule has 1 aliphatic heterocycles. The number of ether oxygens (including phenoxy) is 2. The van der Waals surface area contributed by atoms with Crippen LogP contribution in [0, 0.1) is 13.8 Å². The zero-order chi connectivity index (χ0) is 19.6. The van der Waals surface area contributed by atoms with E-state index in [2.05, 4.69) is 33.7 Å². The molecule has 1 unspecified atom stereocenters. The van der Waals surface area contributed by atoms with Crippen LogP contribution in [0.4, 0.5) is 0 Å². The molecule has 0 saturated heterocycles. The van der Waals surface area contributed by atoms with Crippen molar-refractivity contribution in [3.05, 3.63) is 35.2 Å². The summed E-state index contributed by atoms with van der Waals surface area (Å²) in [6.45, 7) is 9.53. The van der Waals surface area contributed by atoms with Gasteiger partial charge in [0.2, 0.25) is 16.8 Å². The van der Waals surface area contributed by atoms with Crippen LogP contribution in [0.15, 0.2) is 23.1 Å².